The monoisotopic (exact) mass is 936 g/mol. The average Bonchev–Trinajstić information content (AvgIpc) is 3.51. The van der Waals surface area contributed by atoms with Crippen LogP contribution in [0, 0.1) is 0 Å². The number of aromatic nitrogens is 1. The smallest absolute Gasteiger partial charge is 0.260 e. The second kappa shape index (κ2) is 15.5. The van der Waals surface area contributed by atoms with Gasteiger partial charge < -0.3 is 26.2 Å². The van der Waals surface area contributed by atoms with Crippen LogP contribution in [0.2, 0.25) is 0 Å². The molecule has 0 spiro atoms. The van der Waals surface area contributed by atoms with E-state index < -0.39 is 34.7 Å². The normalized spacial score (nSPS) is 14.3. The number of carbonyl (C=O) groups excluding carboxylic acids is 4. The third-order valence-corrected chi connectivity index (χ3v) is 10.6. The molecule has 0 atom stereocenters. The summed E-state index contributed by atoms with van der Waals surface area (Å²) in [7, 11) is 0. The summed E-state index contributed by atoms with van der Waals surface area (Å²) in [5, 5.41) is 11.6. The Morgan fingerprint density at radius 3 is 0.961 bits per heavy atom. The molecule has 1 aliphatic rings. The molecule has 1 fully saturated rings. The van der Waals surface area contributed by atoms with Crippen molar-refractivity contribution in [3.05, 3.63) is 139 Å². The number of halogens is 4. The fourth-order valence-corrected chi connectivity index (χ4v) is 7.04. The number of rotatable bonds is 9. The van der Waals surface area contributed by atoms with E-state index in [4.69, 9.17) is 0 Å². The van der Waals surface area contributed by atoms with Gasteiger partial charge in [-0.2, -0.15) is 0 Å². The van der Waals surface area contributed by atoms with Gasteiger partial charge in [-0.05, 0) is 122 Å². The zero-order valence-corrected chi connectivity index (χ0v) is 32.8. The number of anilines is 5. The highest BCUT2D eigenvalue weighted by Gasteiger charge is 2.69. The van der Waals surface area contributed by atoms with E-state index in [1.165, 1.54) is 17.3 Å². The molecule has 0 bridgehead atoms. The van der Waals surface area contributed by atoms with Crippen molar-refractivity contribution in [3.63, 3.8) is 0 Å². The van der Waals surface area contributed by atoms with Crippen LogP contribution in [0.1, 0.15) is 12.8 Å². The van der Waals surface area contributed by atoms with E-state index in [1.54, 1.807) is 109 Å². The maximum Gasteiger partial charge on any atom is 0.260 e. The molecule has 1 saturated heterocycles. The molecule has 4 aromatic carbocycles. The van der Waals surface area contributed by atoms with Crippen molar-refractivity contribution in [1.82, 2.24) is 4.98 Å². The van der Waals surface area contributed by atoms with E-state index in [2.05, 4.69) is 90.0 Å². The summed E-state index contributed by atoms with van der Waals surface area (Å²) in [5.74, 6) is -2.98. The van der Waals surface area contributed by atoms with Gasteiger partial charge in [-0.3, -0.25) is 24.2 Å². The van der Waals surface area contributed by atoms with Crippen LogP contribution in [0.3, 0.4) is 0 Å². The Balaban J connectivity index is 1.55. The highest BCUT2D eigenvalue weighted by molar-refractivity contribution is 9.11. The van der Waals surface area contributed by atoms with Gasteiger partial charge in [0.25, 0.3) is 23.6 Å². The minimum Gasteiger partial charge on any atom is -0.327 e. The largest absolute Gasteiger partial charge is 0.327 e. The van der Waals surface area contributed by atoms with Crippen LogP contribution in [0.4, 0.5) is 28.4 Å². The summed E-state index contributed by atoms with van der Waals surface area (Å²) < 4.78 is 3.15. The second-order valence-corrected chi connectivity index (χ2v) is 15.3. The van der Waals surface area contributed by atoms with Crippen LogP contribution in [0.5, 0.6) is 0 Å². The first kappa shape index (κ1) is 36.4. The van der Waals surface area contributed by atoms with Crippen molar-refractivity contribution in [2.24, 2.45) is 0 Å². The molecule has 258 valence electrons. The Labute approximate surface area is 327 Å². The number of nitrogens with one attached hydrogen (secondary N) is 4. The van der Waals surface area contributed by atoms with Crippen LogP contribution in [-0.4, -0.2) is 39.7 Å². The lowest BCUT2D eigenvalue weighted by Crippen LogP contribution is -2.71. The molecule has 2 heterocycles. The highest BCUT2D eigenvalue weighted by atomic mass is 79.9. The molecular formula is C37H28Br4N6O4. The van der Waals surface area contributed by atoms with E-state index in [0.29, 0.717) is 22.7 Å². The topological polar surface area (TPSA) is 133 Å². The van der Waals surface area contributed by atoms with E-state index in [0.717, 1.165) is 17.9 Å². The molecule has 1 aromatic heterocycles. The van der Waals surface area contributed by atoms with E-state index >= 15 is 0 Å². The van der Waals surface area contributed by atoms with Crippen LogP contribution < -0.4 is 26.2 Å². The Bertz CT molecular complexity index is 1810. The minimum absolute atomic E-state index is 0.221. The molecule has 14 heteroatoms. The lowest BCUT2D eigenvalue weighted by Gasteiger charge is -2.44. The average molecular weight is 940 g/mol. The molecule has 10 nitrogen and oxygen atoms in total. The molecular weight excluding hydrogens is 912 g/mol. The standard InChI is InChI=1S/C37H28Br4N6O4/c38-23-1-9-27(10-2-23)43-32(48)36(33(49)44-28-11-3-24(39)4-12-28)19-20-37(47(36)31-17-21-42-22-18-31,34(50)45-29-13-5-25(40)6-14-29)35(51)46-30-15-7-26(41)8-16-30/h1-18,21-22H,19-20H2,(H,43,48)(H,44,49)(H,45,50)(H,46,51). The van der Waals surface area contributed by atoms with E-state index in [9.17, 15) is 19.2 Å². The second-order valence-electron chi connectivity index (χ2n) is 11.6. The van der Waals surface area contributed by atoms with E-state index in [-0.39, 0.29) is 18.5 Å². The van der Waals surface area contributed by atoms with Crippen LogP contribution in [-0.2, 0) is 19.2 Å². The summed E-state index contributed by atoms with van der Waals surface area (Å²) >= 11 is 13.7. The molecule has 1 aliphatic heterocycles. The lowest BCUT2D eigenvalue weighted by molar-refractivity contribution is -0.132. The summed E-state index contributed by atoms with van der Waals surface area (Å²) in [6.07, 6.45) is 2.51. The fourth-order valence-electron chi connectivity index (χ4n) is 5.98. The minimum atomic E-state index is -2.14. The summed E-state index contributed by atoms with van der Waals surface area (Å²) in [6, 6.07) is 30.6. The Morgan fingerprint density at radius 2 is 0.706 bits per heavy atom. The van der Waals surface area contributed by atoms with Crippen molar-refractivity contribution < 1.29 is 19.2 Å². The van der Waals surface area contributed by atoms with Crippen LogP contribution in [0.25, 0.3) is 0 Å². The molecule has 0 radical (unpaired) electrons. The van der Waals surface area contributed by atoms with Crippen molar-refractivity contribution in [3.8, 4) is 0 Å². The van der Waals surface area contributed by atoms with Gasteiger partial charge in [0, 0.05) is 58.7 Å². The van der Waals surface area contributed by atoms with Gasteiger partial charge in [0.1, 0.15) is 0 Å². The molecule has 0 unspecified atom stereocenters. The number of amides is 4. The Kier molecular flexibility index (Phi) is 11.1. The first-order valence-corrected chi connectivity index (χ1v) is 18.7. The van der Waals surface area contributed by atoms with Gasteiger partial charge in [0.2, 0.25) is 11.1 Å². The van der Waals surface area contributed by atoms with Gasteiger partial charge >= 0.3 is 0 Å². The third kappa shape index (κ3) is 7.64. The third-order valence-electron chi connectivity index (χ3n) is 8.44. The predicted octanol–water partition coefficient (Wildman–Crippen LogP) is 8.76. The number of carbonyl (C=O) groups is 4. The van der Waals surface area contributed by atoms with Crippen molar-refractivity contribution >= 4 is 116 Å². The summed E-state index contributed by atoms with van der Waals surface area (Å²) in [4.78, 5) is 65.1. The van der Waals surface area contributed by atoms with Gasteiger partial charge in [-0.15, -0.1) is 0 Å². The zero-order valence-electron chi connectivity index (χ0n) is 26.5. The molecule has 5 aromatic rings. The highest BCUT2D eigenvalue weighted by Crippen LogP contribution is 2.47. The van der Waals surface area contributed by atoms with Gasteiger partial charge in [-0.1, -0.05) is 63.7 Å². The van der Waals surface area contributed by atoms with Gasteiger partial charge in [0.05, 0.1) is 0 Å². The number of benzene rings is 4. The Hall–Kier alpha value is -4.37. The quantitative estimate of drug-likeness (QED) is 0.109. The maximum atomic E-state index is 14.9. The maximum absolute atomic E-state index is 14.9. The van der Waals surface area contributed by atoms with Crippen molar-refractivity contribution in [2.75, 3.05) is 26.2 Å². The first-order chi connectivity index (χ1) is 24.5. The fraction of sp³-hybridized carbons (Fsp3) is 0.108. The first-order valence-electron chi connectivity index (χ1n) is 15.5. The van der Waals surface area contributed by atoms with E-state index in [1.807, 2.05) is 0 Å². The van der Waals surface area contributed by atoms with Crippen molar-refractivity contribution in [1.29, 1.82) is 0 Å². The predicted molar refractivity (Wildman–Crippen MR) is 212 cm³/mol. The van der Waals surface area contributed by atoms with Crippen LogP contribution in [0.15, 0.2) is 139 Å². The summed E-state index contributed by atoms with van der Waals surface area (Å²) in [5.41, 5.74) is -2.41. The SMILES string of the molecule is O=C(Nc1ccc(Br)cc1)C1(C(=O)Nc2ccc(Br)cc2)CCC(C(=O)Nc2ccc(Br)cc2)(C(=O)Nc2ccc(Br)cc2)N1c1ccncc1. The molecule has 4 amide bonds. The van der Waals surface area contributed by atoms with Gasteiger partial charge in [-0.25, -0.2) is 0 Å². The molecule has 6 rings (SSSR count). The zero-order chi connectivity index (χ0) is 36.2. The van der Waals surface area contributed by atoms with Crippen LogP contribution >= 0.6 is 63.7 Å². The summed E-state index contributed by atoms with van der Waals surface area (Å²) in [6.45, 7) is 0. The number of hydrogen-bond donors (Lipinski definition) is 4. The number of pyridine rings is 1. The molecule has 0 aliphatic carbocycles. The number of hydrogen-bond acceptors (Lipinski definition) is 6. The molecule has 4 N–H and O–H groups in total. The molecule has 51 heavy (non-hydrogen) atoms. The Morgan fingerprint density at radius 1 is 0.451 bits per heavy atom. The molecule has 0 saturated carbocycles. The van der Waals surface area contributed by atoms with Crippen molar-refractivity contribution in [2.45, 2.75) is 23.9 Å². The number of nitrogens with zero attached hydrogens (tertiary/aromatic N) is 2. The van der Waals surface area contributed by atoms with Gasteiger partial charge in [0.15, 0.2) is 0 Å². The lowest BCUT2D eigenvalue weighted by atomic mass is 9.92.